The van der Waals surface area contributed by atoms with Crippen LogP contribution in [0.15, 0.2) is 23.8 Å². The fourth-order valence-corrected chi connectivity index (χ4v) is 11.2. The van der Waals surface area contributed by atoms with Gasteiger partial charge in [-0.2, -0.15) is 0 Å². The van der Waals surface area contributed by atoms with Crippen molar-refractivity contribution in [3.63, 3.8) is 0 Å². The molecule has 4 aliphatic carbocycles. The molecule has 0 spiro atoms. The number of ketones is 2. The van der Waals surface area contributed by atoms with E-state index in [-0.39, 0.29) is 75.8 Å². The first kappa shape index (κ1) is 36.5. The highest BCUT2D eigenvalue weighted by molar-refractivity contribution is 6.74. The number of Topliss-reactive ketones (excluding diaryl/α,β-unsaturated/α-hetero) is 1. The Kier molecular flexibility index (Phi) is 9.45. The van der Waals surface area contributed by atoms with Crippen LogP contribution in [0.2, 0.25) is 36.3 Å². The Morgan fingerprint density at radius 3 is 2.16 bits per heavy atom. The zero-order valence-electron chi connectivity index (χ0n) is 30.8. The van der Waals surface area contributed by atoms with Crippen molar-refractivity contribution in [1.29, 1.82) is 0 Å². The van der Waals surface area contributed by atoms with Crippen LogP contribution in [-0.2, 0) is 28.0 Å². The van der Waals surface area contributed by atoms with E-state index in [0.29, 0.717) is 6.42 Å². The van der Waals surface area contributed by atoms with Crippen molar-refractivity contribution in [2.75, 3.05) is 6.61 Å². The number of rotatable bonds is 8. The molecular weight excluding hydrogens is 597 g/mol. The first-order chi connectivity index (χ1) is 20.4. The van der Waals surface area contributed by atoms with Crippen molar-refractivity contribution in [3.05, 3.63) is 23.8 Å². The van der Waals surface area contributed by atoms with Crippen molar-refractivity contribution in [2.24, 2.45) is 34.5 Å². The molecule has 8 heteroatoms. The molecule has 0 N–H and O–H groups in total. The van der Waals surface area contributed by atoms with Crippen LogP contribution in [0.3, 0.4) is 0 Å². The van der Waals surface area contributed by atoms with Crippen molar-refractivity contribution in [3.8, 4) is 0 Å². The number of hydrogen-bond donors (Lipinski definition) is 0. The van der Waals surface area contributed by atoms with Gasteiger partial charge in [0.1, 0.15) is 0 Å². The van der Waals surface area contributed by atoms with Gasteiger partial charge in [0.25, 0.3) is 0 Å². The molecule has 0 bridgehead atoms. The SMILES string of the molecule is CCC(=O)O[C@]1(C(=O)CO[Si](C)(C)C(C)(C)C)[C@H](C)C[C@H]2[C@@H]3CCC4=CC(=O)C=C[C@]4(C)C3[C@@H](O[Si](C)(C)C(C)(C)C)C[C@@]21C. The molecule has 0 aliphatic heterocycles. The summed E-state index contributed by atoms with van der Waals surface area (Å²) in [6.07, 6.45) is 9.04. The molecule has 0 aromatic rings. The van der Waals surface area contributed by atoms with Gasteiger partial charge in [0, 0.05) is 29.3 Å². The molecule has 0 radical (unpaired) electrons. The molecule has 6 nitrogen and oxygen atoms in total. The first-order valence-electron chi connectivity index (χ1n) is 17.4. The maximum absolute atomic E-state index is 14.8. The van der Waals surface area contributed by atoms with Gasteiger partial charge in [-0.25, -0.2) is 0 Å². The highest BCUT2D eigenvalue weighted by Crippen LogP contribution is 2.70. The third-order valence-corrected chi connectivity index (χ3v) is 22.6. The van der Waals surface area contributed by atoms with E-state index in [9.17, 15) is 14.4 Å². The molecule has 3 saturated carbocycles. The second-order valence-corrected chi connectivity index (χ2v) is 27.8. The Morgan fingerprint density at radius 2 is 1.60 bits per heavy atom. The van der Waals surface area contributed by atoms with E-state index in [1.54, 1.807) is 13.0 Å². The lowest BCUT2D eigenvalue weighted by Crippen LogP contribution is -2.66. The first-order valence-corrected chi connectivity index (χ1v) is 23.2. The van der Waals surface area contributed by atoms with Gasteiger partial charge >= 0.3 is 5.97 Å². The molecule has 3 fully saturated rings. The van der Waals surface area contributed by atoms with E-state index < -0.39 is 27.7 Å². The van der Waals surface area contributed by atoms with Crippen molar-refractivity contribution < 1.29 is 28.0 Å². The minimum absolute atomic E-state index is 0.00554. The van der Waals surface area contributed by atoms with E-state index in [1.165, 1.54) is 5.57 Å². The molecule has 0 saturated heterocycles. The normalized spacial score (nSPS) is 37.0. The highest BCUT2D eigenvalue weighted by Gasteiger charge is 2.73. The fraction of sp³-hybridized carbons (Fsp3) is 0.811. The predicted molar refractivity (Wildman–Crippen MR) is 186 cm³/mol. The monoisotopic (exact) mass is 658 g/mol. The second kappa shape index (κ2) is 11.7. The fourth-order valence-electron chi connectivity index (χ4n) is 8.96. The van der Waals surface area contributed by atoms with E-state index in [4.69, 9.17) is 13.6 Å². The summed E-state index contributed by atoms with van der Waals surface area (Å²) in [6.45, 7) is 30.7. The number of ether oxygens (including phenoxy) is 1. The van der Waals surface area contributed by atoms with Crippen LogP contribution in [0.25, 0.3) is 0 Å². The summed E-state index contributed by atoms with van der Waals surface area (Å²) < 4.78 is 20.6. The number of carbonyl (C=O) groups is 3. The van der Waals surface area contributed by atoms with Gasteiger partial charge in [-0.15, -0.1) is 0 Å². The lowest BCUT2D eigenvalue weighted by molar-refractivity contribution is -0.204. The molecule has 0 heterocycles. The van der Waals surface area contributed by atoms with Gasteiger partial charge in [-0.3, -0.25) is 14.4 Å². The van der Waals surface area contributed by atoms with Crippen molar-refractivity contribution >= 4 is 34.2 Å². The third kappa shape index (κ3) is 5.86. The molecule has 254 valence electrons. The number of esters is 1. The average Bonchev–Trinajstić information content (AvgIpc) is 3.12. The van der Waals surface area contributed by atoms with Gasteiger partial charge in [0.2, 0.25) is 5.78 Å². The molecule has 1 unspecified atom stereocenters. The smallest absolute Gasteiger partial charge is 0.306 e. The van der Waals surface area contributed by atoms with Gasteiger partial charge in [0.05, 0.1) is 6.61 Å². The summed E-state index contributed by atoms with van der Waals surface area (Å²) in [4.78, 5) is 40.7. The molecule has 4 rings (SSSR count). The zero-order chi connectivity index (χ0) is 34.2. The van der Waals surface area contributed by atoms with Crippen LogP contribution in [-0.4, -0.2) is 52.5 Å². The average molecular weight is 659 g/mol. The van der Waals surface area contributed by atoms with Crippen LogP contribution in [0.1, 0.15) is 101 Å². The largest absolute Gasteiger partial charge is 0.450 e. The zero-order valence-corrected chi connectivity index (χ0v) is 32.8. The Bertz CT molecular complexity index is 1270. The van der Waals surface area contributed by atoms with Crippen molar-refractivity contribution in [1.82, 2.24) is 0 Å². The lowest BCUT2D eigenvalue weighted by Gasteiger charge is -2.62. The highest BCUT2D eigenvalue weighted by atomic mass is 28.4. The standard InChI is InChI=1S/C37H62O6Si2/c1-15-31(40)42-37(30(39)23-41-44(11,12)33(3,4)5)24(2)20-28-27-17-16-25-21-26(38)18-19-35(25,9)32(27)29(22-36(28,37)10)43-45(13,14)34(6,7)8/h18-19,21,24,27-29,32H,15-17,20,22-23H2,1-14H3/t24-,27+,28+,29+,32?,35+,36+,37+/m1/s1. The summed E-state index contributed by atoms with van der Waals surface area (Å²) in [5, 5.41) is -0.0550. The molecule has 0 aromatic heterocycles. The van der Waals surface area contributed by atoms with Gasteiger partial charge in [-0.1, -0.05) is 80.9 Å². The minimum atomic E-state index is -2.26. The molecule has 45 heavy (non-hydrogen) atoms. The summed E-state index contributed by atoms with van der Waals surface area (Å²) in [5.74, 6) is 0.0806. The quantitative estimate of drug-likeness (QED) is 0.192. The number of allylic oxidation sites excluding steroid dienone is 4. The molecule has 0 aromatic carbocycles. The molecule has 0 amide bonds. The number of fused-ring (bicyclic) bond motifs is 5. The maximum atomic E-state index is 14.8. The number of hydrogen-bond acceptors (Lipinski definition) is 6. The molecule has 8 atom stereocenters. The van der Waals surface area contributed by atoms with Gasteiger partial charge in [0.15, 0.2) is 28.0 Å². The lowest BCUT2D eigenvalue weighted by atomic mass is 9.46. The van der Waals surface area contributed by atoms with Crippen LogP contribution >= 0.6 is 0 Å². The Hall–Kier alpha value is -1.36. The Morgan fingerprint density at radius 1 is 1.00 bits per heavy atom. The number of carbonyl (C=O) groups excluding carboxylic acids is 3. The summed E-state index contributed by atoms with van der Waals surface area (Å²) >= 11 is 0. The second-order valence-electron chi connectivity index (χ2n) is 18.2. The van der Waals surface area contributed by atoms with Gasteiger partial charge < -0.3 is 13.6 Å². The van der Waals surface area contributed by atoms with Crippen LogP contribution in [0, 0.1) is 34.5 Å². The van der Waals surface area contributed by atoms with Crippen molar-refractivity contribution in [2.45, 2.75) is 149 Å². The predicted octanol–water partition coefficient (Wildman–Crippen LogP) is 8.82. The summed E-state index contributed by atoms with van der Waals surface area (Å²) in [7, 11) is -4.50. The van der Waals surface area contributed by atoms with Gasteiger partial charge in [-0.05, 0) is 91.9 Å². The minimum Gasteiger partial charge on any atom is -0.450 e. The van der Waals surface area contributed by atoms with E-state index in [0.717, 1.165) is 19.3 Å². The molecular formula is C37H62O6Si2. The van der Waals surface area contributed by atoms with E-state index in [2.05, 4.69) is 94.6 Å². The van der Waals surface area contributed by atoms with E-state index in [1.807, 2.05) is 6.08 Å². The van der Waals surface area contributed by atoms with E-state index >= 15 is 0 Å². The van der Waals surface area contributed by atoms with Crippen LogP contribution in [0.4, 0.5) is 0 Å². The maximum Gasteiger partial charge on any atom is 0.306 e. The summed E-state index contributed by atoms with van der Waals surface area (Å²) in [5.41, 5.74) is -1.000. The summed E-state index contributed by atoms with van der Waals surface area (Å²) in [6, 6.07) is 0. The molecule has 4 aliphatic rings. The third-order valence-electron chi connectivity index (χ3n) is 13.6. The Labute approximate surface area is 275 Å². The Balaban J connectivity index is 1.87. The van der Waals surface area contributed by atoms with Crippen LogP contribution < -0.4 is 0 Å². The van der Waals surface area contributed by atoms with Crippen LogP contribution in [0.5, 0.6) is 0 Å². The topological polar surface area (TPSA) is 78.9 Å².